The van der Waals surface area contributed by atoms with Crippen LogP contribution in [-0.2, 0) is 6.54 Å². The highest BCUT2D eigenvalue weighted by molar-refractivity contribution is 6.30. The van der Waals surface area contributed by atoms with E-state index in [9.17, 15) is 0 Å². The summed E-state index contributed by atoms with van der Waals surface area (Å²) in [6.45, 7) is 4.93. The van der Waals surface area contributed by atoms with Crippen molar-refractivity contribution in [1.82, 2.24) is 14.9 Å². The highest BCUT2D eigenvalue weighted by atomic mass is 35.5. The smallest absolute Gasteiger partial charge is 0.231 e. The van der Waals surface area contributed by atoms with Crippen LogP contribution in [0.4, 0.5) is 5.95 Å². The van der Waals surface area contributed by atoms with E-state index in [1.54, 1.807) is 0 Å². The summed E-state index contributed by atoms with van der Waals surface area (Å²) in [5.41, 5.74) is 3.19. The molecule has 2 aliphatic rings. The predicted molar refractivity (Wildman–Crippen MR) is 113 cm³/mol. The van der Waals surface area contributed by atoms with Crippen molar-refractivity contribution in [3.05, 3.63) is 65.3 Å². The quantitative estimate of drug-likeness (QED) is 0.653. The van der Waals surface area contributed by atoms with Gasteiger partial charge < -0.3 is 14.4 Å². The molecule has 148 valence electrons. The summed E-state index contributed by atoms with van der Waals surface area (Å²) in [5.74, 6) is 2.45. The van der Waals surface area contributed by atoms with E-state index in [-0.39, 0.29) is 0 Å². The van der Waals surface area contributed by atoms with Gasteiger partial charge in [0.15, 0.2) is 11.5 Å². The maximum absolute atomic E-state index is 5.99. The summed E-state index contributed by atoms with van der Waals surface area (Å²) < 4.78 is 10.9. The molecule has 0 atom stereocenters. The SMILES string of the molecule is Clc1ccc(-c2ccnc(N3CCN(Cc4ccc5c(c4)OCO5)CC3)n2)cc1. The molecule has 3 heterocycles. The lowest BCUT2D eigenvalue weighted by molar-refractivity contribution is 0.174. The van der Waals surface area contributed by atoms with Gasteiger partial charge in [-0.3, -0.25) is 4.90 Å². The van der Waals surface area contributed by atoms with Gasteiger partial charge >= 0.3 is 0 Å². The predicted octanol–water partition coefficient (Wildman–Crippen LogP) is 3.85. The molecular weight excluding hydrogens is 388 g/mol. The number of fused-ring (bicyclic) bond motifs is 1. The molecule has 2 aromatic carbocycles. The average Bonchev–Trinajstić information content (AvgIpc) is 3.23. The first-order valence-electron chi connectivity index (χ1n) is 9.69. The fraction of sp³-hybridized carbons (Fsp3) is 0.273. The number of aromatic nitrogens is 2. The normalized spacial score (nSPS) is 16.2. The number of nitrogens with zero attached hydrogens (tertiary/aromatic N) is 4. The minimum absolute atomic E-state index is 0.312. The Morgan fingerprint density at radius 1 is 0.897 bits per heavy atom. The Morgan fingerprint density at radius 2 is 1.69 bits per heavy atom. The zero-order valence-electron chi connectivity index (χ0n) is 15.9. The molecule has 7 heteroatoms. The summed E-state index contributed by atoms with van der Waals surface area (Å²) in [7, 11) is 0. The lowest BCUT2D eigenvalue weighted by Gasteiger charge is -2.34. The molecule has 0 saturated carbocycles. The van der Waals surface area contributed by atoms with Gasteiger partial charge in [0, 0.05) is 49.5 Å². The van der Waals surface area contributed by atoms with Gasteiger partial charge in [0.25, 0.3) is 0 Å². The minimum atomic E-state index is 0.312. The van der Waals surface area contributed by atoms with Crippen LogP contribution in [0.5, 0.6) is 11.5 Å². The highest BCUT2D eigenvalue weighted by Crippen LogP contribution is 2.33. The van der Waals surface area contributed by atoms with E-state index in [4.69, 9.17) is 26.1 Å². The van der Waals surface area contributed by atoms with Gasteiger partial charge in [-0.25, -0.2) is 9.97 Å². The van der Waals surface area contributed by atoms with Crippen LogP contribution in [0.25, 0.3) is 11.3 Å². The van der Waals surface area contributed by atoms with Gasteiger partial charge in [0.1, 0.15) is 0 Å². The molecule has 29 heavy (non-hydrogen) atoms. The van der Waals surface area contributed by atoms with Crippen LogP contribution in [0.3, 0.4) is 0 Å². The number of benzene rings is 2. The van der Waals surface area contributed by atoms with Crippen LogP contribution in [0, 0.1) is 0 Å². The molecule has 0 amide bonds. The molecule has 1 aromatic heterocycles. The van der Waals surface area contributed by atoms with Crippen LogP contribution in [-0.4, -0.2) is 47.8 Å². The molecule has 3 aromatic rings. The average molecular weight is 409 g/mol. The number of hydrogen-bond donors (Lipinski definition) is 0. The topological polar surface area (TPSA) is 50.7 Å². The molecule has 0 unspecified atom stereocenters. The van der Waals surface area contributed by atoms with E-state index in [0.717, 1.165) is 66.5 Å². The number of anilines is 1. The Kier molecular flexibility index (Phi) is 4.96. The molecule has 0 aliphatic carbocycles. The molecular formula is C22H21ClN4O2. The van der Waals surface area contributed by atoms with Crippen molar-refractivity contribution in [2.75, 3.05) is 37.9 Å². The second-order valence-electron chi connectivity index (χ2n) is 7.20. The fourth-order valence-electron chi connectivity index (χ4n) is 3.69. The maximum atomic E-state index is 5.99. The van der Waals surface area contributed by atoms with Gasteiger partial charge in [-0.2, -0.15) is 0 Å². The van der Waals surface area contributed by atoms with Crippen molar-refractivity contribution in [2.45, 2.75) is 6.54 Å². The zero-order valence-corrected chi connectivity index (χ0v) is 16.7. The summed E-state index contributed by atoms with van der Waals surface area (Å²) in [5, 5.41) is 0.724. The first-order valence-corrected chi connectivity index (χ1v) is 10.1. The third kappa shape index (κ3) is 3.99. The van der Waals surface area contributed by atoms with Crippen LogP contribution >= 0.6 is 11.6 Å². The van der Waals surface area contributed by atoms with Crippen LogP contribution in [0.1, 0.15) is 5.56 Å². The Labute approximate surface area is 174 Å². The monoisotopic (exact) mass is 408 g/mol. The van der Waals surface area contributed by atoms with Gasteiger partial charge in [-0.1, -0.05) is 29.8 Å². The first kappa shape index (κ1) is 18.2. The second kappa shape index (κ2) is 7.89. The molecule has 1 saturated heterocycles. The summed E-state index contributed by atoms with van der Waals surface area (Å²) in [4.78, 5) is 13.9. The lowest BCUT2D eigenvalue weighted by Crippen LogP contribution is -2.46. The Hall–Kier alpha value is -2.83. The van der Waals surface area contributed by atoms with Crippen molar-refractivity contribution in [2.24, 2.45) is 0 Å². The first-order chi connectivity index (χ1) is 14.2. The van der Waals surface area contributed by atoms with Crippen molar-refractivity contribution in [1.29, 1.82) is 0 Å². The lowest BCUT2D eigenvalue weighted by atomic mass is 10.1. The number of halogens is 1. The van der Waals surface area contributed by atoms with Crippen molar-refractivity contribution < 1.29 is 9.47 Å². The molecule has 5 rings (SSSR count). The standard InChI is InChI=1S/C22H21ClN4O2/c23-18-4-2-17(3-5-18)19-7-8-24-22(25-19)27-11-9-26(10-12-27)14-16-1-6-20-21(13-16)29-15-28-20/h1-8,13H,9-12,14-15H2. The molecule has 2 aliphatic heterocycles. The molecule has 0 bridgehead atoms. The van der Waals surface area contributed by atoms with E-state index in [1.165, 1.54) is 5.56 Å². The van der Waals surface area contributed by atoms with E-state index in [0.29, 0.717) is 6.79 Å². The van der Waals surface area contributed by atoms with Gasteiger partial charge in [0.05, 0.1) is 5.69 Å². The summed E-state index contributed by atoms with van der Waals surface area (Å²) in [6.07, 6.45) is 1.82. The van der Waals surface area contributed by atoms with Crippen molar-refractivity contribution in [3.63, 3.8) is 0 Å². The third-order valence-corrected chi connectivity index (χ3v) is 5.53. The van der Waals surface area contributed by atoms with Gasteiger partial charge in [-0.15, -0.1) is 0 Å². The zero-order chi connectivity index (χ0) is 19.6. The number of rotatable bonds is 4. The molecule has 6 nitrogen and oxygen atoms in total. The van der Waals surface area contributed by atoms with E-state index >= 15 is 0 Å². The van der Waals surface area contributed by atoms with Crippen LogP contribution in [0.2, 0.25) is 5.02 Å². The van der Waals surface area contributed by atoms with E-state index < -0.39 is 0 Å². The number of ether oxygens (including phenoxy) is 2. The molecule has 1 fully saturated rings. The maximum Gasteiger partial charge on any atom is 0.231 e. The number of piperazine rings is 1. The Morgan fingerprint density at radius 3 is 2.52 bits per heavy atom. The van der Waals surface area contributed by atoms with E-state index in [2.05, 4.69) is 26.9 Å². The van der Waals surface area contributed by atoms with Crippen molar-refractivity contribution >= 4 is 17.5 Å². The van der Waals surface area contributed by atoms with Crippen molar-refractivity contribution in [3.8, 4) is 22.8 Å². The largest absolute Gasteiger partial charge is 0.454 e. The van der Waals surface area contributed by atoms with Crippen LogP contribution < -0.4 is 14.4 Å². The van der Waals surface area contributed by atoms with E-state index in [1.807, 2.05) is 42.6 Å². The molecule has 0 N–H and O–H groups in total. The third-order valence-electron chi connectivity index (χ3n) is 5.28. The molecule has 0 radical (unpaired) electrons. The Balaban J connectivity index is 1.23. The van der Waals surface area contributed by atoms with Crippen LogP contribution in [0.15, 0.2) is 54.7 Å². The summed E-state index contributed by atoms with van der Waals surface area (Å²) >= 11 is 5.99. The number of hydrogen-bond acceptors (Lipinski definition) is 6. The Bertz CT molecular complexity index is 1000. The second-order valence-corrected chi connectivity index (χ2v) is 7.64. The summed E-state index contributed by atoms with van der Waals surface area (Å²) in [6, 6.07) is 15.8. The fourth-order valence-corrected chi connectivity index (χ4v) is 3.81. The highest BCUT2D eigenvalue weighted by Gasteiger charge is 2.20. The van der Waals surface area contributed by atoms with Gasteiger partial charge in [0.2, 0.25) is 12.7 Å². The molecule has 0 spiro atoms. The minimum Gasteiger partial charge on any atom is -0.454 e. The van der Waals surface area contributed by atoms with Gasteiger partial charge in [-0.05, 0) is 35.9 Å².